The van der Waals surface area contributed by atoms with Gasteiger partial charge in [0, 0.05) is 18.3 Å². The maximum atomic E-state index is 12.7. The maximum absolute atomic E-state index is 12.7. The molecule has 1 N–H and O–H groups in total. The van der Waals surface area contributed by atoms with Gasteiger partial charge in [-0.1, -0.05) is 24.3 Å². The van der Waals surface area contributed by atoms with Crippen LogP contribution in [0.2, 0.25) is 0 Å². The largest absolute Gasteiger partial charge is 0.493 e. The van der Waals surface area contributed by atoms with Gasteiger partial charge in [0.25, 0.3) is 5.56 Å². The molecule has 0 bridgehead atoms. The number of ether oxygens (including phenoxy) is 2. The predicted octanol–water partition coefficient (Wildman–Crippen LogP) is 4.77. The summed E-state index contributed by atoms with van der Waals surface area (Å²) in [5.41, 5.74) is 0.633. The molecule has 0 radical (unpaired) electrons. The molecule has 0 unspecified atom stereocenters. The Morgan fingerprint density at radius 3 is 2.19 bits per heavy atom. The van der Waals surface area contributed by atoms with Gasteiger partial charge in [-0.05, 0) is 48.7 Å². The van der Waals surface area contributed by atoms with E-state index in [0.717, 1.165) is 0 Å². The van der Waals surface area contributed by atoms with E-state index in [9.17, 15) is 23.1 Å². The average Bonchev–Trinajstić information content (AvgIpc) is 2.71. The number of aliphatic hydroxyl groups is 1. The van der Waals surface area contributed by atoms with Crippen LogP contribution in [0.5, 0.6) is 11.5 Å². The fourth-order valence-corrected chi connectivity index (χ4v) is 3.10. The van der Waals surface area contributed by atoms with Gasteiger partial charge in [0.15, 0.2) is 11.5 Å². The van der Waals surface area contributed by atoms with E-state index >= 15 is 0 Å². The molecule has 170 valence electrons. The fourth-order valence-electron chi connectivity index (χ4n) is 3.10. The van der Waals surface area contributed by atoms with Crippen molar-refractivity contribution in [3.05, 3.63) is 76.7 Å². The number of methoxy groups -OCH3 is 1. The number of rotatable bonds is 7. The molecular weight excluding hydrogens is 423 g/mol. The second-order valence-corrected chi connectivity index (χ2v) is 8.05. The van der Waals surface area contributed by atoms with Crippen LogP contribution in [0.25, 0.3) is 16.8 Å². The number of hydrogen-bond donors (Lipinski definition) is 1. The Morgan fingerprint density at radius 2 is 1.62 bits per heavy atom. The zero-order chi connectivity index (χ0) is 23.5. The van der Waals surface area contributed by atoms with E-state index in [-0.39, 0.29) is 17.7 Å². The minimum Gasteiger partial charge on any atom is -0.493 e. The van der Waals surface area contributed by atoms with Gasteiger partial charge in [0.05, 0.1) is 24.8 Å². The highest BCUT2D eigenvalue weighted by Gasteiger charge is 2.27. The number of halogens is 3. The Bertz CT molecular complexity index is 1130. The highest BCUT2D eigenvalue weighted by atomic mass is 19.4. The van der Waals surface area contributed by atoms with Gasteiger partial charge in [-0.2, -0.15) is 13.2 Å². The zero-order valence-corrected chi connectivity index (χ0v) is 17.9. The molecule has 0 fully saturated rings. The van der Waals surface area contributed by atoms with Gasteiger partial charge in [-0.3, -0.25) is 9.36 Å². The van der Waals surface area contributed by atoms with Crippen molar-refractivity contribution in [2.24, 2.45) is 0 Å². The standard InChI is InChI=1S/C24H24F3NO4/c1-23(2,30)15-32-20-9-8-19(13-21(20)31-3)28-11-10-18(12-22(28)29)17-6-4-16(5-7-17)14-24(25,26)27/h4-13,30H,14-15H2,1-3H3. The molecule has 0 aliphatic heterocycles. The number of aromatic nitrogens is 1. The summed E-state index contributed by atoms with van der Waals surface area (Å²) >= 11 is 0. The number of alkyl halides is 3. The van der Waals surface area contributed by atoms with Crippen LogP contribution in [0.1, 0.15) is 19.4 Å². The van der Waals surface area contributed by atoms with Crippen LogP contribution >= 0.6 is 0 Å². The van der Waals surface area contributed by atoms with Crippen molar-refractivity contribution in [2.45, 2.75) is 32.0 Å². The van der Waals surface area contributed by atoms with Crippen molar-refractivity contribution in [3.8, 4) is 28.3 Å². The molecule has 1 heterocycles. The van der Waals surface area contributed by atoms with Crippen molar-refractivity contribution in [1.82, 2.24) is 4.57 Å². The molecule has 5 nitrogen and oxygen atoms in total. The first-order valence-corrected chi connectivity index (χ1v) is 9.87. The smallest absolute Gasteiger partial charge is 0.393 e. The zero-order valence-electron chi connectivity index (χ0n) is 17.9. The maximum Gasteiger partial charge on any atom is 0.393 e. The van der Waals surface area contributed by atoms with Gasteiger partial charge in [0.2, 0.25) is 0 Å². The Kier molecular flexibility index (Phi) is 6.64. The number of hydrogen-bond acceptors (Lipinski definition) is 4. The summed E-state index contributed by atoms with van der Waals surface area (Å²) in [7, 11) is 1.48. The van der Waals surface area contributed by atoms with E-state index in [1.165, 1.54) is 29.9 Å². The van der Waals surface area contributed by atoms with Crippen LogP contribution in [0.15, 0.2) is 65.6 Å². The normalized spacial score (nSPS) is 12.0. The van der Waals surface area contributed by atoms with E-state index in [4.69, 9.17) is 9.47 Å². The van der Waals surface area contributed by atoms with Crippen LogP contribution < -0.4 is 15.0 Å². The Morgan fingerprint density at radius 1 is 0.938 bits per heavy atom. The summed E-state index contributed by atoms with van der Waals surface area (Å²) in [5.74, 6) is 0.838. The minimum absolute atomic E-state index is 0.0686. The Balaban J connectivity index is 1.84. The van der Waals surface area contributed by atoms with E-state index in [1.807, 2.05) is 0 Å². The van der Waals surface area contributed by atoms with Gasteiger partial charge < -0.3 is 14.6 Å². The molecule has 0 aliphatic carbocycles. The van der Waals surface area contributed by atoms with Crippen LogP contribution in [0, 0.1) is 0 Å². The second-order valence-electron chi connectivity index (χ2n) is 8.05. The lowest BCUT2D eigenvalue weighted by Gasteiger charge is -2.19. The molecular formula is C24H24F3NO4. The SMILES string of the molecule is COc1cc(-n2ccc(-c3ccc(CC(F)(F)F)cc3)cc2=O)ccc1OCC(C)(C)O. The summed E-state index contributed by atoms with van der Waals surface area (Å²) in [4.78, 5) is 12.7. The van der Waals surface area contributed by atoms with Crippen molar-refractivity contribution in [3.63, 3.8) is 0 Å². The lowest BCUT2D eigenvalue weighted by Crippen LogP contribution is -2.28. The molecule has 0 aliphatic rings. The van der Waals surface area contributed by atoms with E-state index in [2.05, 4.69) is 0 Å². The average molecular weight is 447 g/mol. The van der Waals surface area contributed by atoms with Gasteiger partial charge in [0.1, 0.15) is 6.61 Å². The Labute approximate surface area is 183 Å². The topological polar surface area (TPSA) is 60.7 Å². The highest BCUT2D eigenvalue weighted by Crippen LogP contribution is 2.30. The van der Waals surface area contributed by atoms with Crippen molar-refractivity contribution >= 4 is 0 Å². The third-order valence-electron chi connectivity index (χ3n) is 4.62. The highest BCUT2D eigenvalue weighted by molar-refractivity contribution is 5.63. The van der Waals surface area contributed by atoms with Crippen LogP contribution in [-0.2, 0) is 6.42 Å². The van der Waals surface area contributed by atoms with Crippen molar-refractivity contribution in [1.29, 1.82) is 0 Å². The monoisotopic (exact) mass is 447 g/mol. The fraction of sp³-hybridized carbons (Fsp3) is 0.292. The van der Waals surface area contributed by atoms with Crippen LogP contribution in [-0.4, -0.2) is 35.2 Å². The van der Waals surface area contributed by atoms with E-state index in [0.29, 0.717) is 28.3 Å². The van der Waals surface area contributed by atoms with Crippen LogP contribution in [0.4, 0.5) is 13.2 Å². The van der Waals surface area contributed by atoms with E-state index < -0.39 is 18.2 Å². The summed E-state index contributed by atoms with van der Waals surface area (Å²) in [6.07, 6.45) is -3.67. The van der Waals surface area contributed by atoms with Crippen molar-refractivity contribution in [2.75, 3.05) is 13.7 Å². The molecule has 8 heteroatoms. The lowest BCUT2D eigenvalue weighted by molar-refractivity contribution is -0.127. The van der Waals surface area contributed by atoms with Gasteiger partial charge in [-0.15, -0.1) is 0 Å². The number of benzene rings is 2. The molecule has 0 spiro atoms. The first-order valence-electron chi connectivity index (χ1n) is 9.87. The Hall–Kier alpha value is -3.26. The number of nitrogens with zero attached hydrogens (tertiary/aromatic N) is 1. The minimum atomic E-state index is -4.27. The van der Waals surface area contributed by atoms with Gasteiger partial charge >= 0.3 is 6.18 Å². The molecule has 0 amide bonds. The molecule has 3 aromatic rings. The third kappa shape index (κ3) is 6.13. The molecule has 1 aromatic heterocycles. The molecule has 0 saturated heterocycles. The first-order chi connectivity index (χ1) is 14.9. The summed E-state index contributed by atoms with van der Waals surface area (Å²) in [5, 5.41) is 9.84. The summed E-state index contributed by atoms with van der Waals surface area (Å²) in [6, 6.07) is 14.1. The van der Waals surface area contributed by atoms with E-state index in [1.54, 1.807) is 56.4 Å². The third-order valence-corrected chi connectivity index (χ3v) is 4.62. The predicted molar refractivity (Wildman–Crippen MR) is 116 cm³/mol. The molecule has 32 heavy (non-hydrogen) atoms. The van der Waals surface area contributed by atoms with Gasteiger partial charge in [-0.25, -0.2) is 0 Å². The molecule has 0 saturated carbocycles. The molecule has 2 aromatic carbocycles. The lowest BCUT2D eigenvalue weighted by atomic mass is 10.0. The molecule has 0 atom stereocenters. The quantitative estimate of drug-likeness (QED) is 0.567. The van der Waals surface area contributed by atoms with Crippen LogP contribution in [0.3, 0.4) is 0 Å². The number of pyridine rings is 1. The summed E-state index contributed by atoms with van der Waals surface area (Å²) < 4.78 is 49.9. The molecule has 3 rings (SSSR count). The second kappa shape index (κ2) is 9.08. The summed E-state index contributed by atoms with van der Waals surface area (Å²) in [6.45, 7) is 3.32. The first kappa shape index (κ1) is 23.4. The van der Waals surface area contributed by atoms with Crippen molar-refractivity contribution < 1.29 is 27.8 Å².